The Balaban J connectivity index is 2.35. The van der Waals surface area contributed by atoms with Gasteiger partial charge in [-0.15, -0.1) is 0 Å². The second-order valence-corrected chi connectivity index (χ2v) is 3.87. The molecule has 1 aromatic heterocycles. The van der Waals surface area contributed by atoms with Gasteiger partial charge in [-0.1, -0.05) is 0 Å². The van der Waals surface area contributed by atoms with Crippen molar-refractivity contribution in [2.45, 2.75) is 44.9 Å². The van der Waals surface area contributed by atoms with Crippen molar-refractivity contribution >= 4 is 0 Å². The van der Waals surface area contributed by atoms with Crippen molar-refractivity contribution in [3.63, 3.8) is 0 Å². The molecule has 6 heteroatoms. The van der Waals surface area contributed by atoms with Crippen LogP contribution in [0.5, 0.6) is 0 Å². The zero-order chi connectivity index (χ0) is 12.2. The zero-order valence-corrected chi connectivity index (χ0v) is 9.17. The summed E-state index contributed by atoms with van der Waals surface area (Å²) in [6.07, 6.45) is -0.912. The van der Waals surface area contributed by atoms with Gasteiger partial charge in [-0.3, -0.25) is 0 Å². The maximum absolute atomic E-state index is 11.9. The van der Waals surface area contributed by atoms with Crippen LogP contribution in [0.25, 0.3) is 0 Å². The molecule has 1 rings (SSSR count). The first-order valence-corrected chi connectivity index (χ1v) is 5.22. The van der Waals surface area contributed by atoms with E-state index < -0.39 is 12.6 Å². The van der Waals surface area contributed by atoms with E-state index in [-0.39, 0.29) is 12.5 Å². The van der Waals surface area contributed by atoms with Gasteiger partial charge in [0.15, 0.2) is 0 Å². The number of halogens is 3. The molecule has 0 aliphatic heterocycles. The first-order chi connectivity index (χ1) is 7.40. The minimum atomic E-state index is -4.06. The third-order valence-electron chi connectivity index (χ3n) is 2.32. The fraction of sp³-hybridized carbons (Fsp3) is 0.700. The van der Waals surface area contributed by atoms with Crippen LogP contribution in [-0.4, -0.2) is 15.7 Å². The highest BCUT2D eigenvalue weighted by Gasteiger charge is 2.25. The Kier molecular flexibility index (Phi) is 4.35. The Morgan fingerprint density at radius 1 is 1.44 bits per heavy atom. The Labute approximate surface area is 92.5 Å². The number of hydrogen-bond acceptors (Lipinski definition) is 2. The fourth-order valence-corrected chi connectivity index (χ4v) is 1.50. The van der Waals surface area contributed by atoms with Crippen molar-refractivity contribution < 1.29 is 13.2 Å². The molecule has 16 heavy (non-hydrogen) atoms. The van der Waals surface area contributed by atoms with E-state index in [9.17, 15) is 13.2 Å². The normalized spacial score (nSPS) is 14.1. The molecule has 2 N–H and O–H groups in total. The molecule has 0 saturated carbocycles. The number of hydrogen-bond donors (Lipinski definition) is 1. The summed E-state index contributed by atoms with van der Waals surface area (Å²) in [5, 5.41) is 0. The van der Waals surface area contributed by atoms with Crippen LogP contribution in [0.3, 0.4) is 0 Å². The van der Waals surface area contributed by atoms with E-state index >= 15 is 0 Å². The van der Waals surface area contributed by atoms with E-state index in [0.717, 1.165) is 5.69 Å². The topological polar surface area (TPSA) is 43.8 Å². The first-order valence-electron chi connectivity index (χ1n) is 5.22. The largest absolute Gasteiger partial charge is 0.389 e. The van der Waals surface area contributed by atoms with Crippen LogP contribution in [0.2, 0.25) is 0 Å². The van der Waals surface area contributed by atoms with Crippen molar-refractivity contribution in [1.29, 1.82) is 0 Å². The summed E-state index contributed by atoms with van der Waals surface area (Å²) >= 11 is 0. The van der Waals surface area contributed by atoms with E-state index in [0.29, 0.717) is 13.0 Å². The van der Waals surface area contributed by atoms with E-state index in [1.54, 1.807) is 17.1 Å². The summed E-state index contributed by atoms with van der Waals surface area (Å²) in [7, 11) is 0. The molecule has 1 heterocycles. The van der Waals surface area contributed by atoms with Crippen LogP contribution in [-0.2, 0) is 6.54 Å². The van der Waals surface area contributed by atoms with Crippen molar-refractivity contribution in [3.05, 3.63) is 18.2 Å². The number of nitrogens with zero attached hydrogens (tertiary/aromatic N) is 2. The highest BCUT2D eigenvalue weighted by atomic mass is 19.4. The van der Waals surface area contributed by atoms with Gasteiger partial charge in [0.1, 0.15) is 0 Å². The summed E-state index contributed by atoms with van der Waals surface area (Å²) in [5.41, 5.74) is 6.55. The average molecular weight is 235 g/mol. The van der Waals surface area contributed by atoms with Gasteiger partial charge in [0, 0.05) is 25.2 Å². The van der Waals surface area contributed by atoms with E-state index in [4.69, 9.17) is 5.73 Å². The van der Waals surface area contributed by atoms with E-state index in [2.05, 4.69) is 4.98 Å². The number of rotatable bonds is 5. The number of alkyl halides is 3. The fourth-order valence-electron chi connectivity index (χ4n) is 1.50. The average Bonchev–Trinajstić information content (AvgIpc) is 2.58. The lowest BCUT2D eigenvalue weighted by atomic mass is 10.2. The van der Waals surface area contributed by atoms with Crippen molar-refractivity contribution in [3.8, 4) is 0 Å². The van der Waals surface area contributed by atoms with E-state index in [1.807, 2.05) is 6.92 Å². The minimum Gasteiger partial charge on any atom is -0.333 e. The number of aryl methyl sites for hydroxylation is 1. The van der Waals surface area contributed by atoms with Crippen LogP contribution in [0.15, 0.2) is 12.5 Å². The van der Waals surface area contributed by atoms with Gasteiger partial charge in [-0.25, -0.2) is 4.98 Å². The molecule has 0 saturated heterocycles. The molecule has 0 aliphatic rings. The summed E-state index contributed by atoms with van der Waals surface area (Å²) in [6.45, 7) is 2.36. The molecule has 1 aromatic rings. The molecule has 0 radical (unpaired) electrons. The number of imidazole rings is 1. The molecule has 1 atom stereocenters. The first kappa shape index (κ1) is 13.0. The molecule has 3 nitrogen and oxygen atoms in total. The molecule has 0 unspecified atom stereocenters. The Morgan fingerprint density at radius 3 is 2.69 bits per heavy atom. The molecule has 0 fully saturated rings. The van der Waals surface area contributed by atoms with Crippen molar-refractivity contribution in [2.24, 2.45) is 5.73 Å². The molecule has 0 aliphatic carbocycles. The maximum atomic E-state index is 11.9. The molecular formula is C10H16F3N3. The lowest BCUT2D eigenvalue weighted by Crippen LogP contribution is -2.12. The second-order valence-electron chi connectivity index (χ2n) is 3.87. The molecular weight excluding hydrogens is 219 g/mol. The van der Waals surface area contributed by atoms with Gasteiger partial charge in [-0.2, -0.15) is 13.2 Å². The smallest absolute Gasteiger partial charge is 0.333 e. The molecule has 0 aromatic carbocycles. The maximum Gasteiger partial charge on any atom is 0.389 e. The number of nitrogens with two attached hydrogens (primary N) is 1. The van der Waals surface area contributed by atoms with Gasteiger partial charge >= 0.3 is 6.18 Å². The summed E-state index contributed by atoms with van der Waals surface area (Å²) in [5.74, 6) is 0. The second kappa shape index (κ2) is 5.34. The number of aromatic nitrogens is 2. The molecule has 0 bridgehead atoms. The van der Waals surface area contributed by atoms with Crippen LogP contribution in [0, 0.1) is 0 Å². The monoisotopic (exact) mass is 235 g/mol. The van der Waals surface area contributed by atoms with Gasteiger partial charge in [0.05, 0.1) is 12.0 Å². The molecule has 0 amide bonds. The lowest BCUT2D eigenvalue weighted by Gasteiger charge is -2.11. The van der Waals surface area contributed by atoms with Gasteiger partial charge < -0.3 is 10.3 Å². The molecule has 92 valence electrons. The SMILES string of the molecule is C[C@@H](N)c1cncn1CCCCC(F)(F)F. The zero-order valence-electron chi connectivity index (χ0n) is 9.17. The summed E-state index contributed by atoms with van der Waals surface area (Å²) in [4.78, 5) is 3.93. The Hall–Kier alpha value is -1.04. The van der Waals surface area contributed by atoms with Crippen molar-refractivity contribution in [2.75, 3.05) is 0 Å². The Morgan fingerprint density at radius 2 is 2.12 bits per heavy atom. The molecule has 0 spiro atoms. The highest BCUT2D eigenvalue weighted by Crippen LogP contribution is 2.22. The van der Waals surface area contributed by atoms with Gasteiger partial charge in [0.2, 0.25) is 0 Å². The number of unbranched alkanes of at least 4 members (excludes halogenated alkanes) is 1. The van der Waals surface area contributed by atoms with Crippen LogP contribution >= 0.6 is 0 Å². The lowest BCUT2D eigenvalue weighted by molar-refractivity contribution is -0.135. The van der Waals surface area contributed by atoms with Crippen LogP contribution < -0.4 is 5.73 Å². The van der Waals surface area contributed by atoms with Gasteiger partial charge in [0.25, 0.3) is 0 Å². The third kappa shape index (κ3) is 4.22. The summed E-state index contributed by atoms with van der Waals surface area (Å²) < 4.78 is 37.5. The van der Waals surface area contributed by atoms with Crippen molar-refractivity contribution in [1.82, 2.24) is 9.55 Å². The standard InChI is InChI=1S/C10H16F3N3/c1-8(14)9-6-15-7-16(9)5-3-2-4-10(11,12)13/h6-8H,2-5,14H2,1H3/t8-/m1/s1. The van der Waals surface area contributed by atoms with Gasteiger partial charge in [-0.05, 0) is 19.8 Å². The van der Waals surface area contributed by atoms with Crippen LogP contribution in [0.1, 0.15) is 37.9 Å². The summed E-state index contributed by atoms with van der Waals surface area (Å²) in [6, 6.07) is -0.148. The minimum absolute atomic E-state index is 0.139. The predicted octanol–water partition coefficient (Wildman–Crippen LogP) is 2.64. The Bertz CT molecular complexity index is 317. The quantitative estimate of drug-likeness (QED) is 0.797. The predicted molar refractivity (Wildman–Crippen MR) is 54.7 cm³/mol. The highest BCUT2D eigenvalue weighted by molar-refractivity contribution is 5.02. The van der Waals surface area contributed by atoms with E-state index in [1.165, 1.54) is 0 Å². The van der Waals surface area contributed by atoms with Crippen LogP contribution in [0.4, 0.5) is 13.2 Å². The third-order valence-corrected chi connectivity index (χ3v) is 2.32.